The fraction of sp³-hybridized carbons (Fsp3) is 0.471. The Kier molecular flexibility index (Phi) is 7.08. The number of halogens is 2. The number of esters is 2. The molecule has 1 aromatic rings. The number of hydrogen-bond donors (Lipinski definition) is 0. The van der Waals surface area contributed by atoms with Gasteiger partial charge in [-0.05, 0) is 25.0 Å². The van der Waals surface area contributed by atoms with Gasteiger partial charge < -0.3 is 14.4 Å². The lowest BCUT2D eigenvalue weighted by molar-refractivity contribution is -0.153. The van der Waals surface area contributed by atoms with Crippen LogP contribution in [0.4, 0.5) is 0 Å². The molecule has 136 valence electrons. The number of carbonyl (C=O) groups is 3. The molecule has 25 heavy (non-hydrogen) atoms. The highest BCUT2D eigenvalue weighted by atomic mass is 35.5. The summed E-state index contributed by atoms with van der Waals surface area (Å²) in [6.45, 7) is 0.531. The van der Waals surface area contributed by atoms with E-state index in [1.165, 1.54) is 7.11 Å². The molecule has 0 radical (unpaired) electrons. The minimum absolute atomic E-state index is 0.101. The van der Waals surface area contributed by atoms with Crippen LogP contribution in [0.3, 0.4) is 0 Å². The van der Waals surface area contributed by atoms with E-state index in [1.807, 2.05) is 0 Å². The molecule has 0 aliphatic carbocycles. The molecule has 1 aliphatic rings. The number of hydrogen-bond acceptors (Lipinski definition) is 5. The lowest BCUT2D eigenvalue weighted by Gasteiger charge is -2.30. The Labute approximate surface area is 156 Å². The van der Waals surface area contributed by atoms with E-state index < -0.39 is 5.97 Å². The Balaban J connectivity index is 1.78. The maximum atomic E-state index is 12.1. The Morgan fingerprint density at radius 2 is 1.76 bits per heavy atom. The molecule has 1 aromatic carbocycles. The number of nitrogens with zero attached hydrogens (tertiary/aromatic N) is 1. The molecule has 1 aliphatic heterocycles. The molecule has 0 saturated carbocycles. The van der Waals surface area contributed by atoms with Gasteiger partial charge in [0.2, 0.25) is 0 Å². The summed E-state index contributed by atoms with van der Waals surface area (Å²) in [6, 6.07) is 4.94. The number of carbonyl (C=O) groups excluding carboxylic acids is 3. The van der Waals surface area contributed by atoms with Crippen LogP contribution in [0.25, 0.3) is 0 Å². The summed E-state index contributed by atoms with van der Waals surface area (Å²) in [7, 11) is 1.35. The largest absolute Gasteiger partial charge is 0.469 e. The highest BCUT2D eigenvalue weighted by Crippen LogP contribution is 2.25. The van der Waals surface area contributed by atoms with Crippen LogP contribution in [0.1, 0.15) is 18.4 Å². The predicted octanol–water partition coefficient (Wildman–Crippen LogP) is 2.49. The molecule has 8 heteroatoms. The summed E-state index contributed by atoms with van der Waals surface area (Å²) in [6.07, 6.45) is 0.985. The van der Waals surface area contributed by atoms with Gasteiger partial charge in [0.1, 0.15) is 0 Å². The van der Waals surface area contributed by atoms with Crippen molar-refractivity contribution in [2.45, 2.75) is 19.3 Å². The number of methoxy groups -OCH3 is 1. The van der Waals surface area contributed by atoms with Gasteiger partial charge in [-0.25, -0.2) is 0 Å². The van der Waals surface area contributed by atoms with Crippen LogP contribution >= 0.6 is 23.2 Å². The van der Waals surface area contributed by atoms with Gasteiger partial charge in [-0.15, -0.1) is 0 Å². The summed E-state index contributed by atoms with van der Waals surface area (Å²) in [5.41, 5.74) is 0.474. The average Bonchev–Trinajstić information content (AvgIpc) is 2.62. The van der Waals surface area contributed by atoms with Crippen molar-refractivity contribution in [3.63, 3.8) is 0 Å². The summed E-state index contributed by atoms with van der Waals surface area (Å²) < 4.78 is 9.73. The molecule has 1 amide bonds. The molecule has 0 N–H and O–H groups in total. The second-order valence-corrected chi connectivity index (χ2v) is 6.53. The van der Waals surface area contributed by atoms with Crippen LogP contribution in [0.5, 0.6) is 0 Å². The van der Waals surface area contributed by atoms with Crippen molar-refractivity contribution < 1.29 is 23.9 Å². The Hall–Kier alpha value is -1.79. The van der Waals surface area contributed by atoms with Crippen molar-refractivity contribution in [1.82, 2.24) is 4.90 Å². The van der Waals surface area contributed by atoms with Crippen molar-refractivity contribution in [2.24, 2.45) is 5.92 Å². The topological polar surface area (TPSA) is 72.9 Å². The number of rotatable bonds is 5. The summed E-state index contributed by atoms with van der Waals surface area (Å²) >= 11 is 12.0. The molecule has 2 rings (SSSR count). The van der Waals surface area contributed by atoms with Gasteiger partial charge in [0.15, 0.2) is 6.61 Å². The second-order valence-electron chi connectivity index (χ2n) is 5.72. The number of ether oxygens (including phenoxy) is 2. The second kappa shape index (κ2) is 9.06. The quantitative estimate of drug-likeness (QED) is 0.725. The minimum Gasteiger partial charge on any atom is -0.469 e. The van der Waals surface area contributed by atoms with Gasteiger partial charge in [-0.2, -0.15) is 0 Å². The van der Waals surface area contributed by atoms with Crippen LogP contribution in [-0.4, -0.2) is 49.6 Å². The van der Waals surface area contributed by atoms with E-state index in [2.05, 4.69) is 0 Å². The van der Waals surface area contributed by atoms with E-state index in [0.717, 1.165) is 0 Å². The highest BCUT2D eigenvalue weighted by molar-refractivity contribution is 6.36. The predicted molar refractivity (Wildman–Crippen MR) is 92.4 cm³/mol. The van der Waals surface area contributed by atoms with Gasteiger partial charge in [0.25, 0.3) is 5.91 Å². The molecule has 1 fully saturated rings. The third kappa shape index (κ3) is 5.34. The van der Waals surface area contributed by atoms with Gasteiger partial charge >= 0.3 is 11.9 Å². The van der Waals surface area contributed by atoms with Crippen LogP contribution in [0.2, 0.25) is 10.0 Å². The fourth-order valence-corrected chi connectivity index (χ4v) is 3.19. The zero-order valence-corrected chi connectivity index (χ0v) is 15.3. The van der Waals surface area contributed by atoms with E-state index in [-0.39, 0.29) is 30.8 Å². The maximum absolute atomic E-state index is 12.1. The van der Waals surface area contributed by atoms with Crippen molar-refractivity contribution in [2.75, 3.05) is 26.8 Å². The fourth-order valence-electron chi connectivity index (χ4n) is 2.66. The SMILES string of the molecule is COC(=O)C1CCN(C(=O)COC(=O)Cc2c(Cl)cccc2Cl)CC1. The molecule has 1 saturated heterocycles. The molecule has 0 atom stereocenters. The first-order valence-electron chi connectivity index (χ1n) is 7.86. The van der Waals surface area contributed by atoms with Crippen LogP contribution in [0.15, 0.2) is 18.2 Å². The monoisotopic (exact) mass is 387 g/mol. The van der Waals surface area contributed by atoms with E-state index in [4.69, 9.17) is 32.7 Å². The smallest absolute Gasteiger partial charge is 0.310 e. The molecule has 0 unspecified atom stereocenters. The van der Waals surface area contributed by atoms with E-state index >= 15 is 0 Å². The van der Waals surface area contributed by atoms with E-state index in [9.17, 15) is 14.4 Å². The average molecular weight is 388 g/mol. The number of amides is 1. The first kappa shape index (κ1) is 19.5. The summed E-state index contributed by atoms with van der Waals surface area (Å²) in [5, 5.41) is 0.751. The highest BCUT2D eigenvalue weighted by Gasteiger charge is 2.28. The van der Waals surface area contributed by atoms with E-state index in [1.54, 1.807) is 23.1 Å². The summed E-state index contributed by atoms with van der Waals surface area (Å²) in [4.78, 5) is 37.1. The van der Waals surface area contributed by atoms with Crippen molar-refractivity contribution in [3.05, 3.63) is 33.8 Å². The zero-order valence-electron chi connectivity index (χ0n) is 13.8. The molecular formula is C17H19Cl2NO5. The molecule has 0 bridgehead atoms. The van der Waals surface area contributed by atoms with Crippen molar-refractivity contribution >= 4 is 41.0 Å². The molecule has 1 heterocycles. The first-order chi connectivity index (χ1) is 11.9. The maximum Gasteiger partial charge on any atom is 0.310 e. The third-order valence-electron chi connectivity index (χ3n) is 4.12. The lowest BCUT2D eigenvalue weighted by atomic mass is 9.97. The lowest BCUT2D eigenvalue weighted by Crippen LogP contribution is -2.42. The van der Waals surface area contributed by atoms with Crippen LogP contribution in [-0.2, 0) is 30.3 Å². The molecule has 0 aromatic heterocycles. The van der Waals surface area contributed by atoms with E-state index in [0.29, 0.717) is 41.5 Å². The molecule has 0 spiro atoms. The normalized spacial score (nSPS) is 14.9. The number of piperidine rings is 1. The van der Waals surface area contributed by atoms with Crippen molar-refractivity contribution in [3.8, 4) is 0 Å². The minimum atomic E-state index is -0.576. The zero-order chi connectivity index (χ0) is 18.4. The van der Waals surface area contributed by atoms with Gasteiger partial charge in [0, 0.05) is 28.7 Å². The van der Waals surface area contributed by atoms with Crippen molar-refractivity contribution in [1.29, 1.82) is 0 Å². The van der Waals surface area contributed by atoms with Gasteiger partial charge in [-0.1, -0.05) is 29.3 Å². The Bertz CT molecular complexity index is 636. The van der Waals surface area contributed by atoms with Gasteiger partial charge in [0.05, 0.1) is 19.4 Å². The molecule has 6 nitrogen and oxygen atoms in total. The standard InChI is InChI=1S/C17H19Cl2NO5/c1-24-17(23)11-5-7-20(8-6-11)15(21)10-25-16(22)9-12-13(18)3-2-4-14(12)19/h2-4,11H,5-10H2,1H3. The van der Waals surface area contributed by atoms with Gasteiger partial charge in [-0.3, -0.25) is 14.4 Å². The number of benzene rings is 1. The Morgan fingerprint density at radius 3 is 2.32 bits per heavy atom. The Morgan fingerprint density at radius 1 is 1.16 bits per heavy atom. The number of likely N-dealkylation sites (tertiary alicyclic amines) is 1. The third-order valence-corrected chi connectivity index (χ3v) is 4.83. The summed E-state index contributed by atoms with van der Waals surface area (Å²) in [5.74, 6) is -1.30. The molecular weight excluding hydrogens is 369 g/mol. The van der Waals surface area contributed by atoms with Crippen LogP contribution in [0, 0.1) is 5.92 Å². The first-order valence-corrected chi connectivity index (χ1v) is 8.62. The van der Waals surface area contributed by atoms with Crippen LogP contribution < -0.4 is 0 Å².